The Kier molecular flexibility index (Phi) is 9.27. The molecule has 3 amide bonds. The molecule has 41 heavy (non-hydrogen) atoms. The minimum Gasteiger partial charge on any atom is -0.481 e. The van der Waals surface area contributed by atoms with Gasteiger partial charge in [-0.15, -0.1) is 0 Å². The number of rotatable bonds is 7. The molecule has 2 saturated heterocycles. The van der Waals surface area contributed by atoms with Gasteiger partial charge in [0, 0.05) is 55.5 Å². The van der Waals surface area contributed by atoms with Crippen LogP contribution >= 0.6 is 11.8 Å². The van der Waals surface area contributed by atoms with Gasteiger partial charge >= 0.3 is 6.03 Å². The molecule has 0 aliphatic carbocycles. The highest BCUT2D eigenvalue weighted by molar-refractivity contribution is 8.00. The number of hydrogen-bond acceptors (Lipinski definition) is 9. The number of aryl methyl sites for hydroxylation is 2. The van der Waals surface area contributed by atoms with E-state index >= 15 is 0 Å². The van der Waals surface area contributed by atoms with E-state index in [2.05, 4.69) is 28.3 Å². The van der Waals surface area contributed by atoms with Crippen LogP contribution in [-0.2, 0) is 24.2 Å². The second-order valence-electron chi connectivity index (χ2n) is 11.0. The molecule has 0 radical (unpaired) electrons. The summed E-state index contributed by atoms with van der Waals surface area (Å²) in [6.07, 6.45) is 4.84. The minimum atomic E-state index is -0.324. The van der Waals surface area contributed by atoms with Crippen LogP contribution in [0.1, 0.15) is 35.1 Å². The van der Waals surface area contributed by atoms with Crippen LogP contribution in [0, 0.1) is 11.3 Å². The van der Waals surface area contributed by atoms with Gasteiger partial charge in [0.15, 0.2) is 0 Å². The third kappa shape index (κ3) is 6.92. The summed E-state index contributed by atoms with van der Waals surface area (Å²) in [5.41, 5.74) is 3.23. The first kappa shape index (κ1) is 29.1. The molecule has 2 fully saturated rings. The van der Waals surface area contributed by atoms with Gasteiger partial charge in [-0.05, 0) is 63.0 Å². The number of aromatic nitrogens is 2. The molecule has 0 bridgehead atoms. The predicted octanol–water partition coefficient (Wildman–Crippen LogP) is 2.60. The van der Waals surface area contributed by atoms with E-state index in [0.717, 1.165) is 67.8 Å². The maximum absolute atomic E-state index is 13.5. The van der Waals surface area contributed by atoms with Gasteiger partial charge in [0.05, 0.1) is 25.8 Å². The number of pyridine rings is 2. The number of hydrogen-bond donors (Lipinski definition) is 1. The molecule has 1 N–H and O–H groups in total. The molecule has 2 aromatic rings. The van der Waals surface area contributed by atoms with Crippen molar-refractivity contribution in [2.24, 2.45) is 0 Å². The molecule has 2 aromatic heterocycles. The van der Waals surface area contributed by atoms with Gasteiger partial charge in [-0.2, -0.15) is 22.0 Å². The number of carbonyl (C=O) groups excluding carboxylic acids is 2. The number of urea groups is 1. The number of thioether (sulfide) groups is 1. The Bertz CT molecular complexity index is 1330. The van der Waals surface area contributed by atoms with Crippen LogP contribution in [-0.4, -0.2) is 108 Å². The van der Waals surface area contributed by atoms with E-state index in [1.165, 1.54) is 0 Å². The number of amides is 3. The number of likely N-dealkylation sites (N-methyl/N-ethyl adjacent to an activating group) is 1. The Morgan fingerprint density at radius 2 is 2.05 bits per heavy atom. The van der Waals surface area contributed by atoms with Crippen molar-refractivity contribution in [3.8, 4) is 11.9 Å². The van der Waals surface area contributed by atoms with E-state index in [-0.39, 0.29) is 11.9 Å². The van der Waals surface area contributed by atoms with Crippen molar-refractivity contribution in [2.75, 3.05) is 76.4 Å². The fourth-order valence-corrected chi connectivity index (χ4v) is 7.02. The normalized spacial score (nSPS) is 20.0. The van der Waals surface area contributed by atoms with Crippen LogP contribution in [0.25, 0.3) is 0 Å². The smallest absolute Gasteiger partial charge is 0.328 e. The average Bonchev–Trinajstić information content (AvgIpc) is 2.97. The largest absolute Gasteiger partial charge is 0.481 e. The van der Waals surface area contributed by atoms with Crippen LogP contribution in [0.15, 0.2) is 18.3 Å². The van der Waals surface area contributed by atoms with Gasteiger partial charge in [0.25, 0.3) is 0 Å². The number of nitrogens with one attached hydrogen (secondary N) is 1. The molecule has 5 rings (SSSR count). The highest BCUT2D eigenvalue weighted by atomic mass is 32.2. The molecule has 5 heterocycles. The molecule has 1 unspecified atom stereocenters. The third-order valence-corrected chi connectivity index (χ3v) is 9.21. The van der Waals surface area contributed by atoms with Crippen molar-refractivity contribution >= 4 is 35.3 Å². The second-order valence-corrected chi connectivity index (χ2v) is 12.4. The molecule has 3 aliphatic rings. The summed E-state index contributed by atoms with van der Waals surface area (Å²) < 4.78 is 5.61. The molecule has 0 spiro atoms. The van der Waals surface area contributed by atoms with Crippen molar-refractivity contribution in [3.05, 3.63) is 40.6 Å². The molecular formula is C29H38N8O3S. The first-order valence-electron chi connectivity index (χ1n) is 14.2. The minimum absolute atomic E-state index is 0.0821. The topological polar surface area (TPSA) is 118 Å². The number of carbonyl (C=O) groups is 2. The fourth-order valence-electron chi connectivity index (χ4n) is 5.62. The number of piperazine rings is 1. The second kappa shape index (κ2) is 13.1. The van der Waals surface area contributed by atoms with Gasteiger partial charge in [-0.3, -0.25) is 19.9 Å². The van der Waals surface area contributed by atoms with E-state index < -0.39 is 0 Å². The van der Waals surface area contributed by atoms with Gasteiger partial charge in [0.1, 0.15) is 17.7 Å². The Morgan fingerprint density at radius 1 is 1.20 bits per heavy atom. The zero-order valence-electron chi connectivity index (χ0n) is 24.1. The van der Waals surface area contributed by atoms with Gasteiger partial charge < -0.3 is 14.5 Å². The van der Waals surface area contributed by atoms with Crippen molar-refractivity contribution in [2.45, 2.75) is 37.5 Å². The Labute approximate surface area is 245 Å². The average molecular weight is 579 g/mol. The van der Waals surface area contributed by atoms with Crippen molar-refractivity contribution in [3.63, 3.8) is 0 Å². The van der Waals surface area contributed by atoms with Crippen LogP contribution in [0.4, 0.5) is 16.4 Å². The molecule has 3 aliphatic heterocycles. The number of anilines is 2. The van der Waals surface area contributed by atoms with E-state index in [9.17, 15) is 14.9 Å². The monoisotopic (exact) mass is 578 g/mol. The number of nitrogens with zero attached hydrogens (tertiary/aromatic N) is 7. The number of fused-ring (bicyclic) bond motifs is 1. The summed E-state index contributed by atoms with van der Waals surface area (Å²) in [7, 11) is 5.65. The fraction of sp³-hybridized carbons (Fsp3) is 0.552. The quantitative estimate of drug-likeness (QED) is 0.529. The summed E-state index contributed by atoms with van der Waals surface area (Å²) in [6, 6.07) is 5.76. The van der Waals surface area contributed by atoms with Crippen molar-refractivity contribution < 1.29 is 14.3 Å². The lowest BCUT2D eigenvalue weighted by atomic mass is 10.0. The van der Waals surface area contributed by atoms with Crippen LogP contribution in [0.5, 0.6) is 5.88 Å². The van der Waals surface area contributed by atoms with E-state index in [1.807, 2.05) is 40.7 Å². The first-order chi connectivity index (χ1) is 19.8. The summed E-state index contributed by atoms with van der Waals surface area (Å²) in [4.78, 5) is 42.9. The Balaban J connectivity index is 1.30. The summed E-state index contributed by atoms with van der Waals surface area (Å²) in [6.45, 7) is 4.96. The van der Waals surface area contributed by atoms with Crippen molar-refractivity contribution in [1.29, 1.82) is 5.26 Å². The highest BCUT2D eigenvalue weighted by Gasteiger charge is 2.29. The molecule has 0 aromatic carbocycles. The summed E-state index contributed by atoms with van der Waals surface area (Å²) >= 11 is 1.99. The zero-order chi connectivity index (χ0) is 28.9. The van der Waals surface area contributed by atoms with Gasteiger partial charge in [0.2, 0.25) is 11.8 Å². The lowest BCUT2D eigenvalue weighted by Gasteiger charge is -2.33. The molecule has 12 heteroatoms. The first-order valence-corrected chi connectivity index (χ1v) is 15.2. The summed E-state index contributed by atoms with van der Waals surface area (Å²) in [5, 5.41) is 13.1. The lowest BCUT2D eigenvalue weighted by molar-refractivity contribution is -0.136. The maximum atomic E-state index is 13.5. The predicted molar refractivity (Wildman–Crippen MR) is 159 cm³/mol. The van der Waals surface area contributed by atoms with E-state index in [1.54, 1.807) is 18.2 Å². The number of nitriles is 1. The molecular weight excluding hydrogens is 540 g/mol. The standard InChI is InChI=1S/C29H38N8O3S/c1-34-9-10-36(26(38)19-34)17-22-13-21-5-4-8-37(27(21)33-28(22)40-3)29(39)32-25-14-20(23(15-30)16-31-25)6-7-24-18-35(2)11-12-41-24/h13-14,16,24H,4-12,17-19H2,1-3H3,(H,31,32,39). The molecule has 0 saturated carbocycles. The summed E-state index contributed by atoms with van der Waals surface area (Å²) in [5.74, 6) is 2.60. The van der Waals surface area contributed by atoms with Crippen LogP contribution in [0.3, 0.4) is 0 Å². The highest BCUT2D eigenvalue weighted by Crippen LogP contribution is 2.32. The Morgan fingerprint density at radius 3 is 2.80 bits per heavy atom. The SMILES string of the molecule is COc1nc2c(cc1CN1CCN(C)CC1=O)CCCN2C(=O)Nc1cc(CCC2CN(C)CCS2)c(C#N)cn1. The maximum Gasteiger partial charge on any atom is 0.328 e. The van der Waals surface area contributed by atoms with E-state index in [4.69, 9.17) is 9.72 Å². The van der Waals surface area contributed by atoms with Crippen LogP contribution in [0.2, 0.25) is 0 Å². The lowest BCUT2D eigenvalue weighted by Crippen LogP contribution is -2.48. The van der Waals surface area contributed by atoms with E-state index in [0.29, 0.717) is 54.5 Å². The number of ether oxygens (including phenoxy) is 1. The third-order valence-electron chi connectivity index (χ3n) is 7.93. The molecule has 1 atom stereocenters. The molecule has 11 nitrogen and oxygen atoms in total. The van der Waals surface area contributed by atoms with Crippen molar-refractivity contribution in [1.82, 2.24) is 24.7 Å². The molecule has 218 valence electrons. The zero-order valence-corrected chi connectivity index (χ0v) is 24.9. The number of methoxy groups -OCH3 is 1. The van der Waals surface area contributed by atoms with Gasteiger partial charge in [-0.1, -0.05) is 0 Å². The van der Waals surface area contributed by atoms with Crippen LogP contribution < -0.4 is 15.0 Å². The Hall–Kier alpha value is -3.40. The van der Waals surface area contributed by atoms with Gasteiger partial charge in [-0.25, -0.2) is 9.78 Å².